The molecular weight excluding hydrogens is 280 g/mol. The lowest BCUT2D eigenvalue weighted by atomic mass is 10.2. The Morgan fingerprint density at radius 3 is 2.59 bits per heavy atom. The molecule has 0 saturated heterocycles. The van der Waals surface area contributed by atoms with Gasteiger partial charge in [-0.25, -0.2) is 4.39 Å². The van der Waals surface area contributed by atoms with E-state index < -0.39 is 0 Å². The minimum Gasteiger partial charge on any atom is -0.308 e. The fraction of sp³-hybridized carbons (Fsp3) is 0.167. The van der Waals surface area contributed by atoms with E-state index in [2.05, 4.69) is 5.32 Å². The monoisotopic (exact) mass is 289 g/mol. The molecule has 2 rings (SSSR count). The summed E-state index contributed by atoms with van der Waals surface area (Å²) in [6.07, 6.45) is 0. The molecule has 5 heteroatoms. The van der Waals surface area contributed by atoms with Gasteiger partial charge in [-0.1, -0.05) is 29.3 Å². The third-order valence-corrected chi connectivity index (χ3v) is 3.76. The van der Waals surface area contributed by atoms with E-state index in [-0.39, 0.29) is 10.8 Å². The van der Waals surface area contributed by atoms with Crippen molar-refractivity contribution in [2.45, 2.75) is 13.1 Å². The lowest BCUT2D eigenvalue weighted by Crippen LogP contribution is -2.11. The van der Waals surface area contributed by atoms with Gasteiger partial charge in [0.25, 0.3) is 0 Å². The summed E-state index contributed by atoms with van der Waals surface area (Å²) in [5.41, 5.74) is 0.957. The third kappa shape index (κ3) is 3.68. The molecule has 0 aliphatic carbocycles. The Hall–Kier alpha value is -0.610. The molecule has 17 heavy (non-hydrogen) atoms. The summed E-state index contributed by atoms with van der Waals surface area (Å²) in [4.78, 5) is 1.17. The van der Waals surface area contributed by atoms with Crippen molar-refractivity contribution < 1.29 is 4.39 Å². The fourth-order valence-corrected chi connectivity index (χ4v) is 2.69. The van der Waals surface area contributed by atoms with Gasteiger partial charge in [0.1, 0.15) is 5.82 Å². The molecule has 1 aromatic carbocycles. The van der Waals surface area contributed by atoms with Crippen LogP contribution in [0.5, 0.6) is 0 Å². The highest BCUT2D eigenvalue weighted by atomic mass is 35.5. The second-order valence-electron chi connectivity index (χ2n) is 3.56. The number of halogens is 3. The lowest BCUT2D eigenvalue weighted by molar-refractivity contribution is 0.625. The predicted molar refractivity (Wildman–Crippen MR) is 71.3 cm³/mol. The molecule has 1 aromatic heterocycles. The molecule has 1 nitrogen and oxygen atoms in total. The van der Waals surface area contributed by atoms with Gasteiger partial charge in [-0.15, -0.1) is 11.3 Å². The van der Waals surface area contributed by atoms with Gasteiger partial charge in [0, 0.05) is 18.0 Å². The highest BCUT2D eigenvalue weighted by Gasteiger charge is 2.01. The minimum atomic E-state index is -0.388. The standard InChI is InChI=1S/C12H10Cl2FNS/c13-10-5-8(1-3-11(10)15)6-16-7-9-2-4-12(14)17-9/h1-5,16H,6-7H2. The molecule has 0 bridgehead atoms. The smallest absolute Gasteiger partial charge is 0.141 e. The first kappa shape index (κ1) is 12.8. The van der Waals surface area contributed by atoms with Crippen molar-refractivity contribution in [3.63, 3.8) is 0 Å². The van der Waals surface area contributed by atoms with E-state index in [1.54, 1.807) is 23.5 Å². The second-order valence-corrected chi connectivity index (χ2v) is 5.76. The van der Waals surface area contributed by atoms with Crippen molar-refractivity contribution in [3.8, 4) is 0 Å². The Labute approximate surface area is 113 Å². The molecule has 0 unspecified atom stereocenters. The van der Waals surface area contributed by atoms with Crippen LogP contribution in [-0.4, -0.2) is 0 Å². The molecule has 1 N–H and O–H groups in total. The normalized spacial score (nSPS) is 10.8. The molecule has 0 aliphatic heterocycles. The summed E-state index contributed by atoms with van der Waals surface area (Å²) in [7, 11) is 0. The SMILES string of the molecule is Fc1ccc(CNCc2ccc(Cl)s2)cc1Cl. The number of nitrogens with one attached hydrogen (secondary N) is 1. The first-order valence-electron chi connectivity index (χ1n) is 5.04. The van der Waals surface area contributed by atoms with Gasteiger partial charge < -0.3 is 5.32 Å². The van der Waals surface area contributed by atoms with Gasteiger partial charge in [0.15, 0.2) is 0 Å². The molecule has 0 fully saturated rings. The van der Waals surface area contributed by atoms with Crippen LogP contribution >= 0.6 is 34.5 Å². The average molecular weight is 290 g/mol. The van der Waals surface area contributed by atoms with Crippen molar-refractivity contribution >= 4 is 34.5 Å². The Kier molecular flexibility index (Phi) is 4.40. The van der Waals surface area contributed by atoms with E-state index in [0.717, 1.165) is 16.4 Å². The number of hydrogen-bond acceptors (Lipinski definition) is 2. The topological polar surface area (TPSA) is 12.0 Å². The third-order valence-electron chi connectivity index (χ3n) is 2.24. The van der Waals surface area contributed by atoms with Gasteiger partial charge in [0.2, 0.25) is 0 Å². The predicted octanol–water partition coefficient (Wildman–Crippen LogP) is 4.48. The zero-order valence-corrected chi connectivity index (χ0v) is 11.2. The molecule has 0 aliphatic rings. The summed E-state index contributed by atoms with van der Waals surface area (Å²) in [5, 5.41) is 3.40. The van der Waals surface area contributed by atoms with Crippen molar-refractivity contribution in [2.24, 2.45) is 0 Å². The lowest BCUT2D eigenvalue weighted by Gasteiger charge is -2.04. The van der Waals surface area contributed by atoms with E-state index in [0.29, 0.717) is 6.54 Å². The van der Waals surface area contributed by atoms with Crippen LogP contribution in [-0.2, 0) is 13.1 Å². The quantitative estimate of drug-likeness (QED) is 0.875. The highest BCUT2D eigenvalue weighted by Crippen LogP contribution is 2.21. The van der Waals surface area contributed by atoms with Crippen LogP contribution in [0.1, 0.15) is 10.4 Å². The molecule has 0 radical (unpaired) electrons. The maximum atomic E-state index is 12.9. The first-order valence-corrected chi connectivity index (χ1v) is 6.61. The number of hydrogen-bond donors (Lipinski definition) is 1. The molecular formula is C12H10Cl2FNS. The van der Waals surface area contributed by atoms with Crippen molar-refractivity contribution in [1.82, 2.24) is 5.32 Å². The van der Waals surface area contributed by atoms with Gasteiger partial charge in [0.05, 0.1) is 9.36 Å². The first-order chi connectivity index (χ1) is 8.15. The maximum absolute atomic E-state index is 12.9. The van der Waals surface area contributed by atoms with Crippen LogP contribution in [0.2, 0.25) is 9.36 Å². The zero-order chi connectivity index (χ0) is 12.3. The molecule has 0 saturated carbocycles. The molecule has 0 atom stereocenters. The largest absolute Gasteiger partial charge is 0.308 e. The van der Waals surface area contributed by atoms with Crippen molar-refractivity contribution in [3.05, 3.63) is 55.9 Å². The fourth-order valence-electron chi connectivity index (χ4n) is 1.43. The van der Waals surface area contributed by atoms with Crippen molar-refractivity contribution in [1.29, 1.82) is 0 Å². The van der Waals surface area contributed by atoms with Gasteiger partial charge >= 0.3 is 0 Å². The minimum absolute atomic E-state index is 0.156. The zero-order valence-electron chi connectivity index (χ0n) is 8.84. The molecule has 2 aromatic rings. The number of benzene rings is 1. The Morgan fingerprint density at radius 1 is 1.12 bits per heavy atom. The van der Waals surface area contributed by atoms with Crippen LogP contribution in [0, 0.1) is 5.82 Å². The van der Waals surface area contributed by atoms with E-state index in [1.807, 2.05) is 12.1 Å². The Balaban J connectivity index is 1.87. The summed E-state index contributed by atoms with van der Waals surface area (Å²) in [6, 6.07) is 8.58. The van der Waals surface area contributed by atoms with E-state index >= 15 is 0 Å². The van der Waals surface area contributed by atoms with Crippen molar-refractivity contribution in [2.75, 3.05) is 0 Å². The molecule has 0 spiro atoms. The van der Waals surface area contributed by atoms with Crippen LogP contribution < -0.4 is 5.32 Å². The highest BCUT2D eigenvalue weighted by molar-refractivity contribution is 7.16. The Bertz CT molecular complexity index is 513. The van der Waals surface area contributed by atoms with E-state index in [9.17, 15) is 4.39 Å². The van der Waals surface area contributed by atoms with Crippen LogP contribution in [0.4, 0.5) is 4.39 Å². The van der Waals surface area contributed by atoms with Crippen LogP contribution in [0.3, 0.4) is 0 Å². The van der Waals surface area contributed by atoms with Crippen LogP contribution in [0.15, 0.2) is 30.3 Å². The van der Waals surface area contributed by atoms with E-state index in [4.69, 9.17) is 23.2 Å². The maximum Gasteiger partial charge on any atom is 0.141 e. The molecule has 1 heterocycles. The summed E-state index contributed by atoms with van der Waals surface area (Å²) < 4.78 is 13.7. The average Bonchev–Trinajstić information content (AvgIpc) is 2.70. The molecule has 90 valence electrons. The molecule has 0 amide bonds. The number of thiophene rings is 1. The van der Waals surface area contributed by atoms with Crippen LogP contribution in [0.25, 0.3) is 0 Å². The Morgan fingerprint density at radius 2 is 1.94 bits per heavy atom. The number of rotatable bonds is 4. The van der Waals surface area contributed by atoms with Gasteiger partial charge in [-0.05, 0) is 29.8 Å². The van der Waals surface area contributed by atoms with E-state index in [1.165, 1.54) is 10.9 Å². The summed E-state index contributed by atoms with van der Waals surface area (Å²) >= 11 is 13.1. The van der Waals surface area contributed by atoms with Gasteiger partial charge in [-0.3, -0.25) is 0 Å². The second kappa shape index (κ2) is 5.83. The summed E-state index contributed by atoms with van der Waals surface area (Å²) in [6.45, 7) is 1.39. The van der Waals surface area contributed by atoms with Gasteiger partial charge in [-0.2, -0.15) is 0 Å². The summed E-state index contributed by atoms with van der Waals surface area (Å²) in [5.74, 6) is -0.388.